The molecule has 0 N–H and O–H groups in total. The van der Waals surface area contributed by atoms with Gasteiger partial charge in [0.1, 0.15) is 0 Å². The number of rotatable bonds is 3. The molecule has 64 valence electrons. The van der Waals surface area contributed by atoms with Crippen LogP contribution < -0.4 is 0 Å². The van der Waals surface area contributed by atoms with Crippen molar-refractivity contribution in [2.45, 2.75) is 34.2 Å². The summed E-state index contributed by atoms with van der Waals surface area (Å²) in [6, 6.07) is 0. The molecule has 0 amide bonds. The quantitative estimate of drug-likeness (QED) is 0.648. The summed E-state index contributed by atoms with van der Waals surface area (Å²) < 4.78 is 0. The van der Waals surface area contributed by atoms with Crippen molar-refractivity contribution in [1.82, 2.24) is 4.90 Å². The van der Waals surface area contributed by atoms with Gasteiger partial charge in [0.05, 0.1) is 0 Å². The van der Waals surface area contributed by atoms with Crippen LogP contribution in [-0.4, -0.2) is 41.8 Å². The molecular weight excluding hydrogens is 192 g/mol. The maximum absolute atomic E-state index is 2.35. The Balaban J connectivity index is 2.05. The van der Waals surface area contributed by atoms with Gasteiger partial charge < -0.3 is 0 Å². The van der Waals surface area contributed by atoms with Crippen molar-refractivity contribution in [2.75, 3.05) is 20.6 Å². The minimum absolute atomic E-state index is 0.669. The Bertz CT molecular complexity index is 97.7. The second-order valence-corrected chi connectivity index (χ2v) is 11.4. The van der Waals surface area contributed by atoms with Gasteiger partial charge in [0.15, 0.2) is 0 Å². The molecule has 1 nitrogen and oxygen atoms in total. The van der Waals surface area contributed by atoms with Gasteiger partial charge >= 0.3 is 75.9 Å². The molecule has 0 aromatic rings. The van der Waals surface area contributed by atoms with E-state index < -0.39 is 16.2 Å². The summed E-state index contributed by atoms with van der Waals surface area (Å²) in [7, 11) is 4.40. The van der Waals surface area contributed by atoms with Crippen LogP contribution in [0.15, 0.2) is 0 Å². The van der Waals surface area contributed by atoms with E-state index in [0.717, 1.165) is 0 Å². The van der Waals surface area contributed by atoms with E-state index in [9.17, 15) is 0 Å². The average Bonchev–Trinajstić information content (AvgIpc) is 2.03. The van der Waals surface area contributed by atoms with E-state index in [4.69, 9.17) is 0 Å². The first-order valence-corrected chi connectivity index (χ1v) is 10.1. The summed E-state index contributed by atoms with van der Waals surface area (Å²) in [5.41, 5.74) is 0. The maximum atomic E-state index is 2.35. The SMILES string of the molecule is CN(C)C[CH2][Ga]1[CH2]CCC[CH2]1. The molecule has 0 radical (unpaired) electrons. The van der Waals surface area contributed by atoms with Crippen molar-refractivity contribution in [3.05, 3.63) is 0 Å². The molecule has 0 spiro atoms. The molecule has 1 fully saturated rings. The van der Waals surface area contributed by atoms with Gasteiger partial charge in [-0.05, 0) is 0 Å². The molecule has 1 aliphatic heterocycles. The zero-order valence-electron chi connectivity index (χ0n) is 7.97. The normalized spacial score (nSPS) is 19.4. The van der Waals surface area contributed by atoms with Crippen LogP contribution in [0.1, 0.15) is 19.3 Å². The third-order valence-corrected chi connectivity index (χ3v) is 10.1. The van der Waals surface area contributed by atoms with E-state index in [-0.39, 0.29) is 0 Å². The topological polar surface area (TPSA) is 3.24 Å². The summed E-state index contributed by atoms with van der Waals surface area (Å²) in [5.74, 6) is 0. The van der Waals surface area contributed by atoms with Crippen LogP contribution in [-0.2, 0) is 0 Å². The Hall–Kier alpha value is 0.596. The second kappa shape index (κ2) is 5.28. The fraction of sp³-hybridized carbons (Fsp3) is 1.00. The fourth-order valence-corrected chi connectivity index (χ4v) is 9.22. The first-order valence-electron chi connectivity index (χ1n) is 4.94. The third kappa shape index (κ3) is 4.24. The Morgan fingerprint density at radius 2 is 1.73 bits per heavy atom. The van der Waals surface area contributed by atoms with Gasteiger partial charge in [0, 0.05) is 0 Å². The second-order valence-electron chi connectivity index (χ2n) is 4.10. The van der Waals surface area contributed by atoms with Crippen LogP contribution >= 0.6 is 0 Å². The van der Waals surface area contributed by atoms with E-state index in [0.29, 0.717) is 0 Å². The van der Waals surface area contributed by atoms with Gasteiger partial charge in [-0.3, -0.25) is 0 Å². The predicted molar refractivity (Wildman–Crippen MR) is 52.6 cm³/mol. The summed E-state index contributed by atoms with van der Waals surface area (Å²) in [6.07, 6.45) is 4.67. The van der Waals surface area contributed by atoms with Crippen molar-refractivity contribution in [3.63, 3.8) is 0 Å². The molecule has 11 heavy (non-hydrogen) atoms. The minimum atomic E-state index is -0.669. The van der Waals surface area contributed by atoms with E-state index >= 15 is 0 Å². The van der Waals surface area contributed by atoms with Gasteiger partial charge in [-0.15, -0.1) is 0 Å². The third-order valence-electron chi connectivity index (χ3n) is 2.71. The molecule has 1 aliphatic rings. The monoisotopic (exact) mass is 211 g/mol. The van der Waals surface area contributed by atoms with E-state index in [2.05, 4.69) is 19.0 Å². The molecular formula is C9H20GaN. The van der Waals surface area contributed by atoms with E-state index in [1.54, 1.807) is 27.8 Å². The van der Waals surface area contributed by atoms with Crippen molar-refractivity contribution in [1.29, 1.82) is 0 Å². The Morgan fingerprint density at radius 3 is 2.27 bits per heavy atom. The number of hydrogen-bond donors (Lipinski definition) is 0. The number of nitrogens with zero attached hydrogens (tertiary/aromatic N) is 1. The summed E-state index contributed by atoms with van der Waals surface area (Å²) in [5, 5.41) is 0. The fourth-order valence-electron chi connectivity index (χ4n) is 1.92. The van der Waals surface area contributed by atoms with Gasteiger partial charge in [0.25, 0.3) is 0 Å². The molecule has 0 unspecified atom stereocenters. The van der Waals surface area contributed by atoms with E-state index in [1.807, 2.05) is 0 Å². The van der Waals surface area contributed by atoms with Crippen LogP contribution in [0, 0.1) is 0 Å². The standard InChI is InChI=1S/C5H10.C4H10N.Ga/c1-3-5-4-2;1-4-5(2)3;/h1-5H2;1,4H2,2-3H3;. The molecule has 0 bridgehead atoms. The Morgan fingerprint density at radius 1 is 1.09 bits per heavy atom. The molecule has 2 heteroatoms. The molecule has 0 aliphatic carbocycles. The van der Waals surface area contributed by atoms with Crippen molar-refractivity contribution >= 4 is 16.2 Å². The molecule has 0 atom stereocenters. The van der Waals surface area contributed by atoms with Gasteiger partial charge in [-0.25, -0.2) is 0 Å². The Labute approximate surface area is 76.2 Å². The average molecular weight is 212 g/mol. The molecule has 0 saturated carbocycles. The first-order chi connectivity index (χ1) is 5.29. The zero-order valence-corrected chi connectivity index (χ0v) is 10.4. The van der Waals surface area contributed by atoms with Crippen LogP contribution in [0.3, 0.4) is 0 Å². The summed E-state index contributed by atoms with van der Waals surface area (Å²) in [4.78, 5) is 7.32. The van der Waals surface area contributed by atoms with Crippen LogP contribution in [0.5, 0.6) is 0 Å². The van der Waals surface area contributed by atoms with Crippen molar-refractivity contribution < 1.29 is 0 Å². The predicted octanol–water partition coefficient (Wildman–Crippen LogP) is 2.23. The zero-order chi connectivity index (χ0) is 8.10. The molecule has 1 saturated heterocycles. The van der Waals surface area contributed by atoms with Crippen LogP contribution in [0.4, 0.5) is 0 Å². The van der Waals surface area contributed by atoms with Crippen LogP contribution in [0.25, 0.3) is 0 Å². The Kier molecular flexibility index (Phi) is 4.65. The summed E-state index contributed by atoms with van der Waals surface area (Å²) in [6.45, 7) is 1.37. The van der Waals surface area contributed by atoms with Gasteiger partial charge in [0.2, 0.25) is 0 Å². The number of hydrogen-bond acceptors (Lipinski definition) is 1. The van der Waals surface area contributed by atoms with Gasteiger partial charge in [-0.1, -0.05) is 0 Å². The van der Waals surface area contributed by atoms with E-state index in [1.165, 1.54) is 13.0 Å². The van der Waals surface area contributed by atoms with Crippen molar-refractivity contribution in [3.8, 4) is 0 Å². The van der Waals surface area contributed by atoms with Gasteiger partial charge in [-0.2, -0.15) is 0 Å². The molecule has 1 rings (SSSR count). The molecule has 0 aromatic heterocycles. The van der Waals surface area contributed by atoms with Crippen molar-refractivity contribution in [2.24, 2.45) is 0 Å². The molecule has 1 heterocycles. The summed E-state index contributed by atoms with van der Waals surface area (Å²) >= 11 is -0.669. The van der Waals surface area contributed by atoms with Crippen LogP contribution in [0.2, 0.25) is 14.9 Å². The first kappa shape index (κ1) is 9.68. The molecule has 0 aromatic carbocycles.